The molecule has 74 valence electrons. The van der Waals surface area contributed by atoms with Gasteiger partial charge < -0.3 is 0 Å². The summed E-state index contributed by atoms with van der Waals surface area (Å²) < 4.78 is 0. The number of H-pyrrole nitrogens is 1. The van der Waals surface area contributed by atoms with E-state index in [1.54, 1.807) is 18.2 Å². The molecule has 0 radical (unpaired) electrons. The highest BCUT2D eigenvalue weighted by molar-refractivity contribution is 6.43. The van der Waals surface area contributed by atoms with Gasteiger partial charge in [0.05, 0.1) is 10.0 Å². The molecular formula is C9H4Cl2N4. The van der Waals surface area contributed by atoms with Gasteiger partial charge in [0.2, 0.25) is 0 Å². The lowest BCUT2D eigenvalue weighted by molar-refractivity contribution is 0.937. The van der Waals surface area contributed by atoms with Crippen LogP contribution < -0.4 is 0 Å². The van der Waals surface area contributed by atoms with Crippen LogP contribution in [-0.2, 0) is 0 Å². The van der Waals surface area contributed by atoms with Crippen LogP contribution in [0.15, 0.2) is 18.2 Å². The molecule has 0 amide bonds. The van der Waals surface area contributed by atoms with E-state index in [-0.39, 0.29) is 5.69 Å². The molecule has 0 fully saturated rings. The molecule has 0 spiro atoms. The number of hydrogen-bond donors (Lipinski definition) is 1. The van der Waals surface area contributed by atoms with Crippen molar-refractivity contribution in [2.24, 2.45) is 0 Å². The Morgan fingerprint density at radius 2 is 2.07 bits per heavy atom. The minimum atomic E-state index is 0.194. The van der Waals surface area contributed by atoms with Gasteiger partial charge >= 0.3 is 0 Å². The average Bonchev–Trinajstić information content (AvgIpc) is 2.70. The third-order valence-electron chi connectivity index (χ3n) is 1.86. The average molecular weight is 239 g/mol. The summed E-state index contributed by atoms with van der Waals surface area (Å²) >= 11 is 11.8. The van der Waals surface area contributed by atoms with Crippen molar-refractivity contribution >= 4 is 23.2 Å². The lowest BCUT2D eigenvalue weighted by atomic mass is 10.1. The minimum absolute atomic E-state index is 0.194. The van der Waals surface area contributed by atoms with Crippen LogP contribution in [-0.4, -0.2) is 15.4 Å². The first-order valence-corrected chi connectivity index (χ1v) is 4.75. The van der Waals surface area contributed by atoms with E-state index in [1.165, 1.54) is 0 Å². The van der Waals surface area contributed by atoms with Gasteiger partial charge in [-0.1, -0.05) is 35.3 Å². The molecule has 0 aliphatic carbocycles. The smallest absolute Gasteiger partial charge is 0.190 e. The molecule has 15 heavy (non-hydrogen) atoms. The van der Waals surface area contributed by atoms with Crippen LogP contribution in [0.4, 0.5) is 0 Å². The molecule has 0 saturated heterocycles. The Hall–Kier alpha value is -1.57. The Morgan fingerprint density at radius 1 is 1.27 bits per heavy atom. The van der Waals surface area contributed by atoms with E-state index >= 15 is 0 Å². The Balaban J connectivity index is 2.65. The maximum Gasteiger partial charge on any atom is 0.190 e. The zero-order chi connectivity index (χ0) is 10.8. The summed E-state index contributed by atoms with van der Waals surface area (Å²) in [6.07, 6.45) is 0. The summed E-state index contributed by atoms with van der Waals surface area (Å²) in [5, 5.41) is 19.5. The number of nitrogens with zero attached hydrogens (tertiary/aromatic N) is 3. The monoisotopic (exact) mass is 238 g/mol. The van der Waals surface area contributed by atoms with Crippen LogP contribution in [0, 0.1) is 11.3 Å². The number of aromatic amines is 1. The predicted octanol–water partition coefficient (Wildman–Crippen LogP) is 2.65. The second-order valence-electron chi connectivity index (χ2n) is 2.73. The van der Waals surface area contributed by atoms with Crippen molar-refractivity contribution in [1.82, 2.24) is 15.4 Å². The van der Waals surface area contributed by atoms with Gasteiger partial charge in [-0.3, -0.25) is 0 Å². The third kappa shape index (κ3) is 1.67. The molecular weight excluding hydrogens is 235 g/mol. The highest BCUT2D eigenvalue weighted by atomic mass is 35.5. The number of benzene rings is 1. The minimum Gasteiger partial charge on any atom is -0.196 e. The van der Waals surface area contributed by atoms with E-state index in [0.717, 1.165) is 0 Å². The number of aromatic nitrogens is 3. The van der Waals surface area contributed by atoms with Crippen molar-refractivity contribution in [3.8, 4) is 17.3 Å². The van der Waals surface area contributed by atoms with Crippen LogP contribution in [0.25, 0.3) is 11.3 Å². The van der Waals surface area contributed by atoms with Crippen LogP contribution in [0.1, 0.15) is 5.69 Å². The molecule has 2 aromatic rings. The van der Waals surface area contributed by atoms with Gasteiger partial charge in [0.1, 0.15) is 11.8 Å². The Labute approximate surface area is 95.4 Å². The van der Waals surface area contributed by atoms with Crippen LogP contribution in [0.5, 0.6) is 0 Å². The van der Waals surface area contributed by atoms with Crippen molar-refractivity contribution in [2.75, 3.05) is 0 Å². The first kappa shape index (κ1) is 9.97. The second kappa shape index (κ2) is 3.89. The van der Waals surface area contributed by atoms with Gasteiger partial charge in [-0.25, -0.2) is 0 Å². The molecule has 1 heterocycles. The topological polar surface area (TPSA) is 65.4 Å². The fourth-order valence-electron chi connectivity index (χ4n) is 1.18. The molecule has 6 heteroatoms. The number of nitriles is 1. The van der Waals surface area contributed by atoms with Gasteiger partial charge in [0.25, 0.3) is 0 Å². The largest absolute Gasteiger partial charge is 0.196 e. The molecule has 2 rings (SSSR count). The number of rotatable bonds is 1. The van der Waals surface area contributed by atoms with Crippen LogP contribution >= 0.6 is 23.2 Å². The van der Waals surface area contributed by atoms with Crippen molar-refractivity contribution in [3.05, 3.63) is 33.9 Å². The van der Waals surface area contributed by atoms with E-state index in [4.69, 9.17) is 28.5 Å². The normalized spacial score (nSPS) is 9.93. The van der Waals surface area contributed by atoms with Crippen molar-refractivity contribution in [1.29, 1.82) is 5.26 Å². The molecule has 0 bridgehead atoms. The highest BCUT2D eigenvalue weighted by Gasteiger charge is 2.14. The molecule has 0 aliphatic rings. The summed E-state index contributed by atoms with van der Waals surface area (Å²) in [6, 6.07) is 7.04. The fraction of sp³-hybridized carbons (Fsp3) is 0. The lowest BCUT2D eigenvalue weighted by Crippen LogP contribution is -1.84. The summed E-state index contributed by atoms with van der Waals surface area (Å²) in [5.41, 5.74) is 1.19. The Kier molecular flexibility index (Phi) is 2.58. The fourth-order valence-corrected chi connectivity index (χ4v) is 1.57. The maximum atomic E-state index is 8.78. The number of nitrogens with one attached hydrogen (secondary N) is 1. The van der Waals surface area contributed by atoms with E-state index in [2.05, 4.69) is 15.4 Å². The quantitative estimate of drug-likeness (QED) is 0.831. The van der Waals surface area contributed by atoms with Gasteiger partial charge in [-0.2, -0.15) is 15.6 Å². The van der Waals surface area contributed by atoms with Gasteiger partial charge in [-0.05, 0) is 6.07 Å². The SMILES string of the molecule is N#Cc1n[nH]nc1-c1cccc(Cl)c1Cl. The van der Waals surface area contributed by atoms with Crippen LogP contribution in [0.2, 0.25) is 10.0 Å². The van der Waals surface area contributed by atoms with E-state index in [0.29, 0.717) is 21.3 Å². The number of halogens is 2. The van der Waals surface area contributed by atoms with Crippen molar-refractivity contribution in [2.45, 2.75) is 0 Å². The molecule has 1 aromatic heterocycles. The first-order chi connectivity index (χ1) is 7.24. The van der Waals surface area contributed by atoms with Gasteiger partial charge in [-0.15, -0.1) is 5.10 Å². The Bertz CT molecular complexity index is 541. The summed E-state index contributed by atoms with van der Waals surface area (Å²) in [5.74, 6) is 0. The Morgan fingerprint density at radius 3 is 2.80 bits per heavy atom. The zero-order valence-electron chi connectivity index (χ0n) is 7.33. The van der Waals surface area contributed by atoms with E-state index in [1.807, 2.05) is 6.07 Å². The van der Waals surface area contributed by atoms with E-state index < -0.39 is 0 Å². The molecule has 0 saturated carbocycles. The second-order valence-corrected chi connectivity index (χ2v) is 3.52. The summed E-state index contributed by atoms with van der Waals surface area (Å²) in [7, 11) is 0. The predicted molar refractivity (Wildman–Crippen MR) is 56.6 cm³/mol. The van der Waals surface area contributed by atoms with Crippen molar-refractivity contribution < 1.29 is 0 Å². The molecule has 1 N–H and O–H groups in total. The van der Waals surface area contributed by atoms with Gasteiger partial charge in [0, 0.05) is 5.56 Å². The third-order valence-corrected chi connectivity index (χ3v) is 2.68. The lowest BCUT2D eigenvalue weighted by Gasteiger charge is -2.01. The molecule has 1 aromatic carbocycles. The molecule has 0 atom stereocenters. The van der Waals surface area contributed by atoms with Crippen LogP contribution in [0.3, 0.4) is 0 Å². The summed E-state index contributed by atoms with van der Waals surface area (Å²) in [6.45, 7) is 0. The standard InChI is InChI=1S/C9H4Cl2N4/c10-6-3-1-2-5(8(6)11)9-7(4-12)13-15-14-9/h1-3H,(H,13,14,15). The molecule has 4 nitrogen and oxygen atoms in total. The first-order valence-electron chi connectivity index (χ1n) is 3.99. The molecule has 0 unspecified atom stereocenters. The van der Waals surface area contributed by atoms with E-state index in [9.17, 15) is 0 Å². The van der Waals surface area contributed by atoms with Crippen molar-refractivity contribution in [3.63, 3.8) is 0 Å². The maximum absolute atomic E-state index is 8.78. The van der Waals surface area contributed by atoms with Gasteiger partial charge in [0.15, 0.2) is 5.69 Å². The zero-order valence-corrected chi connectivity index (χ0v) is 8.84. The molecule has 0 aliphatic heterocycles. The summed E-state index contributed by atoms with van der Waals surface area (Å²) in [4.78, 5) is 0. The number of hydrogen-bond acceptors (Lipinski definition) is 3. The highest BCUT2D eigenvalue weighted by Crippen LogP contribution is 2.33.